The largest absolute Gasteiger partial charge is 0.346 e. The molecule has 0 spiro atoms. The lowest BCUT2D eigenvalue weighted by molar-refractivity contribution is 0.324. The van der Waals surface area contributed by atoms with Crippen molar-refractivity contribution >= 4 is 16.4 Å². The topological polar surface area (TPSA) is 25.5 Å². The molecule has 1 aliphatic heterocycles. The summed E-state index contributed by atoms with van der Waals surface area (Å²) in [6.07, 6.45) is 8.82. The Morgan fingerprint density at radius 2 is 1.84 bits per heavy atom. The van der Waals surface area contributed by atoms with Gasteiger partial charge in [0, 0.05) is 42.6 Å². The molecule has 4 heteroatoms. The van der Waals surface area contributed by atoms with Crippen molar-refractivity contribution in [2.45, 2.75) is 19.4 Å². The van der Waals surface area contributed by atoms with E-state index in [1.807, 2.05) is 23.0 Å². The molecule has 0 unspecified atom stereocenters. The summed E-state index contributed by atoms with van der Waals surface area (Å²) in [7, 11) is 0. The highest BCUT2D eigenvalue weighted by atomic mass is 15.2. The Morgan fingerprint density at radius 1 is 0.920 bits per heavy atom. The van der Waals surface area contributed by atoms with Gasteiger partial charge in [0.25, 0.3) is 0 Å². The fraction of sp³-hybridized carbons (Fsp3) is 0.286. The van der Waals surface area contributed by atoms with E-state index in [-0.39, 0.29) is 0 Å². The quantitative estimate of drug-likeness (QED) is 0.564. The van der Waals surface area contributed by atoms with Crippen molar-refractivity contribution in [3.8, 4) is 11.1 Å². The number of hydrogen-bond acceptors (Lipinski definition) is 2. The minimum absolute atomic E-state index is 1.06. The Labute approximate surface area is 147 Å². The summed E-state index contributed by atoms with van der Waals surface area (Å²) in [5.41, 5.74) is 4.99. The van der Waals surface area contributed by atoms with Crippen molar-refractivity contribution < 1.29 is 0 Å². The van der Waals surface area contributed by atoms with Gasteiger partial charge in [0.1, 0.15) is 0 Å². The van der Waals surface area contributed by atoms with Crippen LogP contribution in [-0.4, -0.2) is 38.7 Å². The van der Waals surface area contributed by atoms with Crippen molar-refractivity contribution in [2.24, 2.45) is 0 Å². The van der Waals surface area contributed by atoms with Crippen LogP contribution in [0, 0.1) is 0 Å². The van der Waals surface area contributed by atoms with Crippen molar-refractivity contribution in [1.82, 2.24) is 19.1 Å². The van der Waals surface area contributed by atoms with Crippen LogP contribution in [-0.2, 0) is 6.54 Å². The number of fused-ring (bicyclic) bond motifs is 2. The molecule has 25 heavy (non-hydrogen) atoms. The third-order valence-corrected chi connectivity index (χ3v) is 5.38. The molecule has 4 heterocycles. The van der Waals surface area contributed by atoms with Gasteiger partial charge < -0.3 is 9.47 Å². The molecule has 1 aromatic carbocycles. The molecule has 126 valence electrons. The third kappa shape index (κ3) is 2.63. The van der Waals surface area contributed by atoms with E-state index in [2.05, 4.69) is 57.2 Å². The fourth-order valence-electron chi connectivity index (χ4n) is 4.01. The number of benzene rings is 1. The Morgan fingerprint density at radius 3 is 2.76 bits per heavy atom. The average Bonchev–Trinajstić information content (AvgIpc) is 3.39. The van der Waals surface area contributed by atoms with Crippen LogP contribution < -0.4 is 0 Å². The minimum Gasteiger partial charge on any atom is -0.346 e. The van der Waals surface area contributed by atoms with Crippen LogP contribution in [0.5, 0.6) is 0 Å². The Balaban J connectivity index is 1.51. The molecule has 0 bridgehead atoms. The first-order chi connectivity index (χ1) is 12.4. The molecule has 0 saturated carbocycles. The highest BCUT2D eigenvalue weighted by Crippen LogP contribution is 2.30. The molecule has 0 atom stereocenters. The summed E-state index contributed by atoms with van der Waals surface area (Å²) in [6, 6.07) is 15.3. The van der Waals surface area contributed by atoms with Gasteiger partial charge in [-0.25, -0.2) is 4.52 Å². The summed E-state index contributed by atoms with van der Waals surface area (Å²) in [6.45, 7) is 4.73. The second kappa shape index (κ2) is 6.05. The lowest BCUT2D eigenvalue weighted by Gasteiger charge is -2.15. The first-order valence-corrected chi connectivity index (χ1v) is 9.12. The zero-order valence-electron chi connectivity index (χ0n) is 14.3. The Bertz CT molecular complexity index is 1020. The first-order valence-electron chi connectivity index (χ1n) is 9.12. The lowest BCUT2D eigenvalue weighted by atomic mass is 10.0. The summed E-state index contributed by atoms with van der Waals surface area (Å²) in [5.74, 6) is 0. The summed E-state index contributed by atoms with van der Waals surface area (Å²) in [4.78, 5) is 2.57. The third-order valence-electron chi connectivity index (χ3n) is 5.38. The summed E-state index contributed by atoms with van der Waals surface area (Å²) >= 11 is 0. The van der Waals surface area contributed by atoms with E-state index in [0.717, 1.165) is 18.6 Å². The molecule has 1 aliphatic rings. The standard InChI is InChI=1S/C21H22N4/c1-2-11-23(10-1)14-15-24-12-8-20-19(4-3-5-21(20)24)17-7-13-25-18(16-17)6-9-22-25/h3-9,12-13,16H,1-2,10-11,14-15H2. The van der Waals surface area contributed by atoms with Gasteiger partial charge in [-0.05, 0) is 67.4 Å². The maximum atomic E-state index is 4.29. The van der Waals surface area contributed by atoms with Crippen molar-refractivity contribution in [2.75, 3.05) is 19.6 Å². The zero-order valence-corrected chi connectivity index (χ0v) is 14.3. The molecule has 5 rings (SSSR count). The molecule has 0 radical (unpaired) electrons. The highest BCUT2D eigenvalue weighted by molar-refractivity contribution is 5.96. The van der Waals surface area contributed by atoms with E-state index in [0.29, 0.717) is 0 Å². The van der Waals surface area contributed by atoms with E-state index in [4.69, 9.17) is 0 Å². The van der Waals surface area contributed by atoms with Crippen molar-refractivity contribution in [1.29, 1.82) is 0 Å². The smallest absolute Gasteiger partial charge is 0.0667 e. The van der Waals surface area contributed by atoms with Crippen LogP contribution in [0.3, 0.4) is 0 Å². The van der Waals surface area contributed by atoms with E-state index in [9.17, 15) is 0 Å². The monoisotopic (exact) mass is 330 g/mol. The van der Waals surface area contributed by atoms with Crippen LogP contribution in [0.15, 0.2) is 61.1 Å². The average molecular weight is 330 g/mol. The van der Waals surface area contributed by atoms with Crippen LogP contribution in [0.25, 0.3) is 27.5 Å². The van der Waals surface area contributed by atoms with Crippen LogP contribution >= 0.6 is 0 Å². The maximum absolute atomic E-state index is 4.29. The van der Waals surface area contributed by atoms with Gasteiger partial charge in [0.15, 0.2) is 0 Å². The molecule has 4 nitrogen and oxygen atoms in total. The highest BCUT2D eigenvalue weighted by Gasteiger charge is 2.12. The zero-order chi connectivity index (χ0) is 16.6. The van der Waals surface area contributed by atoms with Gasteiger partial charge in [-0.2, -0.15) is 5.10 Å². The van der Waals surface area contributed by atoms with E-state index >= 15 is 0 Å². The van der Waals surface area contributed by atoms with Crippen LogP contribution in [0.4, 0.5) is 0 Å². The Hall–Kier alpha value is -2.59. The first kappa shape index (κ1) is 14.7. The molecular formula is C21H22N4. The number of rotatable bonds is 4. The number of likely N-dealkylation sites (tertiary alicyclic amines) is 1. The maximum Gasteiger partial charge on any atom is 0.0667 e. The molecule has 3 aromatic heterocycles. The molecular weight excluding hydrogens is 308 g/mol. The fourth-order valence-corrected chi connectivity index (χ4v) is 4.01. The number of pyridine rings is 1. The van der Waals surface area contributed by atoms with E-state index < -0.39 is 0 Å². The molecule has 1 fully saturated rings. The predicted octanol–water partition coefficient (Wildman–Crippen LogP) is 4.05. The second-order valence-electron chi connectivity index (χ2n) is 6.91. The normalized spacial score (nSPS) is 15.5. The predicted molar refractivity (Wildman–Crippen MR) is 102 cm³/mol. The SMILES string of the molecule is c1cc(-c2ccn3nccc3c2)c2ccn(CCN3CCCC3)c2c1. The Kier molecular flexibility index (Phi) is 3.56. The lowest BCUT2D eigenvalue weighted by Crippen LogP contribution is -2.23. The minimum atomic E-state index is 1.06. The number of hydrogen-bond donors (Lipinski definition) is 0. The summed E-state index contributed by atoms with van der Waals surface area (Å²) in [5, 5.41) is 5.62. The van der Waals surface area contributed by atoms with Gasteiger partial charge >= 0.3 is 0 Å². The molecule has 4 aromatic rings. The van der Waals surface area contributed by atoms with Gasteiger partial charge in [0.2, 0.25) is 0 Å². The van der Waals surface area contributed by atoms with Crippen molar-refractivity contribution in [3.05, 3.63) is 61.1 Å². The number of aromatic nitrogens is 3. The summed E-state index contributed by atoms with van der Waals surface area (Å²) < 4.78 is 4.30. The molecule has 0 amide bonds. The van der Waals surface area contributed by atoms with Gasteiger partial charge in [-0.3, -0.25) is 0 Å². The van der Waals surface area contributed by atoms with Gasteiger partial charge in [-0.1, -0.05) is 12.1 Å². The van der Waals surface area contributed by atoms with Crippen LogP contribution in [0.2, 0.25) is 0 Å². The second-order valence-corrected chi connectivity index (χ2v) is 6.91. The molecule has 0 aliphatic carbocycles. The van der Waals surface area contributed by atoms with E-state index in [1.54, 1.807) is 0 Å². The van der Waals surface area contributed by atoms with E-state index in [1.165, 1.54) is 48.0 Å². The van der Waals surface area contributed by atoms with Gasteiger partial charge in [-0.15, -0.1) is 0 Å². The van der Waals surface area contributed by atoms with Crippen molar-refractivity contribution in [3.63, 3.8) is 0 Å². The van der Waals surface area contributed by atoms with Crippen LogP contribution in [0.1, 0.15) is 12.8 Å². The molecule has 0 N–H and O–H groups in total. The number of nitrogens with zero attached hydrogens (tertiary/aromatic N) is 4. The van der Waals surface area contributed by atoms with Gasteiger partial charge in [0.05, 0.1) is 5.52 Å². The molecule has 1 saturated heterocycles.